The van der Waals surface area contributed by atoms with Gasteiger partial charge in [0, 0.05) is 5.60 Å². The molecule has 1 saturated heterocycles. The second kappa shape index (κ2) is 18.8. The summed E-state index contributed by atoms with van der Waals surface area (Å²) in [4.78, 5) is 0. The fourth-order valence-corrected chi connectivity index (χ4v) is 10.6. The molecule has 0 aromatic heterocycles. The molecular formula is C36H73AlO. The lowest BCUT2D eigenvalue weighted by molar-refractivity contribution is -0.0601. The lowest BCUT2D eigenvalue weighted by Crippen LogP contribution is -2.52. The van der Waals surface area contributed by atoms with Gasteiger partial charge >= 0.3 is 14.5 Å². The van der Waals surface area contributed by atoms with Crippen LogP contribution in [0.2, 0.25) is 10.6 Å². The first-order chi connectivity index (χ1) is 17.7. The van der Waals surface area contributed by atoms with Crippen LogP contribution in [-0.4, -0.2) is 20.1 Å². The van der Waals surface area contributed by atoms with Gasteiger partial charge in [-0.05, 0) is 66.6 Å². The zero-order valence-corrected chi connectivity index (χ0v) is 29.7. The van der Waals surface area contributed by atoms with Crippen LogP contribution >= 0.6 is 0 Å². The van der Waals surface area contributed by atoms with Crippen molar-refractivity contribution in [2.45, 2.75) is 176 Å². The zero-order chi connectivity index (χ0) is 28.9. The molecule has 0 amide bonds. The summed E-state index contributed by atoms with van der Waals surface area (Å²) < 4.78 is 7.68. The third-order valence-corrected chi connectivity index (χ3v) is 12.8. The predicted octanol–water partition coefficient (Wildman–Crippen LogP) is 12.2. The molecule has 226 valence electrons. The Morgan fingerprint density at radius 3 is 1.37 bits per heavy atom. The topological polar surface area (TPSA) is 9.23 Å². The Morgan fingerprint density at radius 2 is 0.947 bits per heavy atom. The second-order valence-corrected chi connectivity index (χ2v) is 18.8. The molecule has 0 bridgehead atoms. The molecule has 0 spiro atoms. The smallest absolute Gasteiger partial charge is 0.461 e. The molecule has 0 aromatic carbocycles. The molecule has 1 fully saturated rings. The normalized spacial score (nSPS) is 24.0. The Hall–Kier alpha value is 0.492. The Bertz CT molecular complexity index is 562. The van der Waals surface area contributed by atoms with Crippen LogP contribution in [0.5, 0.6) is 0 Å². The maximum atomic E-state index is 7.68. The minimum atomic E-state index is -1.19. The van der Waals surface area contributed by atoms with Crippen molar-refractivity contribution in [3.8, 4) is 0 Å². The summed E-state index contributed by atoms with van der Waals surface area (Å²) in [5.74, 6) is 7.23. The molecule has 2 heteroatoms. The molecule has 1 heterocycles. The van der Waals surface area contributed by atoms with E-state index in [9.17, 15) is 0 Å². The quantitative estimate of drug-likeness (QED) is 0.137. The first kappa shape index (κ1) is 36.5. The Kier molecular flexibility index (Phi) is 18.1. The van der Waals surface area contributed by atoms with Crippen molar-refractivity contribution < 1.29 is 3.79 Å². The van der Waals surface area contributed by atoms with E-state index in [0.717, 1.165) is 53.3 Å². The molecule has 1 aliphatic heterocycles. The van der Waals surface area contributed by atoms with E-state index >= 15 is 0 Å². The lowest BCUT2D eigenvalue weighted by atomic mass is 9.69. The predicted molar refractivity (Wildman–Crippen MR) is 174 cm³/mol. The van der Waals surface area contributed by atoms with E-state index in [4.69, 9.17) is 3.79 Å². The van der Waals surface area contributed by atoms with Gasteiger partial charge in [-0.2, -0.15) is 0 Å². The fourth-order valence-electron chi connectivity index (χ4n) is 7.17. The first-order valence-electron chi connectivity index (χ1n) is 17.4. The van der Waals surface area contributed by atoms with Gasteiger partial charge in [-0.25, -0.2) is 0 Å². The molecule has 1 nitrogen and oxygen atoms in total. The molecule has 0 saturated carbocycles. The number of hydrogen-bond acceptors (Lipinski definition) is 1. The maximum Gasteiger partial charge on any atom is 0.461 e. The minimum absolute atomic E-state index is 0.145. The van der Waals surface area contributed by atoms with E-state index in [1.807, 2.05) is 0 Å². The molecule has 1 rings (SSSR count). The summed E-state index contributed by atoms with van der Waals surface area (Å²) in [6.45, 7) is 29.3. The van der Waals surface area contributed by atoms with E-state index in [1.165, 1.54) is 87.6 Å². The standard InChI is InChI=1S/C28H56O.C8H17.Al/c1-11-27(18-24(8)15-12-21(2)3)28(29,19-25(9)16-13-22(4)5)20-26(10)17-14-23(6)7;1-7(2)5-6-8(3)4;/h21-27H,1,11-20H2,2-10H3;7-8H,1,5-6H2,2-4H3;/q-1;;+1. The van der Waals surface area contributed by atoms with Gasteiger partial charge in [0.25, 0.3) is 0 Å². The van der Waals surface area contributed by atoms with Crippen LogP contribution in [0.15, 0.2) is 0 Å². The van der Waals surface area contributed by atoms with Gasteiger partial charge in [-0.1, -0.05) is 157 Å². The minimum Gasteiger partial charge on any atom is -0.496 e. The van der Waals surface area contributed by atoms with Gasteiger partial charge in [-0.15, -0.1) is 0 Å². The van der Waals surface area contributed by atoms with E-state index in [1.54, 1.807) is 0 Å². The molecule has 0 aliphatic carbocycles. The van der Waals surface area contributed by atoms with E-state index in [-0.39, 0.29) is 5.60 Å². The molecule has 1 aliphatic rings. The van der Waals surface area contributed by atoms with Crippen LogP contribution in [0.3, 0.4) is 0 Å². The van der Waals surface area contributed by atoms with Crippen LogP contribution in [0.1, 0.15) is 160 Å². The van der Waals surface area contributed by atoms with Gasteiger partial charge in [0.15, 0.2) is 0 Å². The summed E-state index contributed by atoms with van der Waals surface area (Å²) >= 11 is -1.19. The van der Waals surface area contributed by atoms with Crippen molar-refractivity contribution in [3.05, 3.63) is 0 Å². The zero-order valence-electron chi connectivity index (χ0n) is 28.6. The summed E-state index contributed by atoms with van der Waals surface area (Å²) in [7, 11) is 0. The van der Waals surface area contributed by atoms with Crippen molar-refractivity contribution in [2.24, 2.45) is 53.3 Å². The summed E-state index contributed by atoms with van der Waals surface area (Å²) in [6.07, 6.45) is 16.5. The SMILES string of the molecule is CC(C)CCC(C)CC1C[CH2][Al]([CH2]C(C)CCC(C)C)[O]C1(CC(C)CCC(C)C)CC(C)CCC(C)C. The molecule has 0 radical (unpaired) electrons. The number of rotatable bonds is 20. The van der Waals surface area contributed by atoms with Crippen LogP contribution in [0.25, 0.3) is 0 Å². The highest BCUT2D eigenvalue weighted by molar-refractivity contribution is 6.52. The van der Waals surface area contributed by atoms with Crippen LogP contribution < -0.4 is 0 Å². The third kappa shape index (κ3) is 15.5. The molecule has 38 heavy (non-hydrogen) atoms. The molecular weight excluding hydrogens is 475 g/mol. The lowest BCUT2D eigenvalue weighted by Gasteiger charge is -2.51. The maximum absolute atomic E-state index is 7.68. The largest absolute Gasteiger partial charge is 0.496 e. The monoisotopic (exact) mass is 549 g/mol. The third-order valence-electron chi connectivity index (χ3n) is 9.67. The Morgan fingerprint density at radius 1 is 0.553 bits per heavy atom. The van der Waals surface area contributed by atoms with E-state index in [0.29, 0.717) is 0 Å². The van der Waals surface area contributed by atoms with Gasteiger partial charge in [0.2, 0.25) is 0 Å². The van der Waals surface area contributed by atoms with Crippen LogP contribution in [0, 0.1) is 53.3 Å². The summed E-state index contributed by atoms with van der Waals surface area (Å²) in [5.41, 5.74) is 0.145. The molecule has 5 atom stereocenters. The Balaban J connectivity index is 3.19. The highest BCUT2D eigenvalue weighted by atomic mass is 27.2. The average molecular weight is 549 g/mol. The van der Waals surface area contributed by atoms with Crippen molar-refractivity contribution in [1.82, 2.24) is 0 Å². The van der Waals surface area contributed by atoms with Gasteiger partial charge in [-0.3, -0.25) is 0 Å². The van der Waals surface area contributed by atoms with E-state index < -0.39 is 14.5 Å². The van der Waals surface area contributed by atoms with Crippen molar-refractivity contribution >= 4 is 14.5 Å². The summed E-state index contributed by atoms with van der Waals surface area (Å²) in [6, 6.07) is 0. The van der Waals surface area contributed by atoms with Crippen LogP contribution in [0.4, 0.5) is 0 Å². The van der Waals surface area contributed by atoms with Crippen molar-refractivity contribution in [2.75, 3.05) is 0 Å². The van der Waals surface area contributed by atoms with E-state index in [2.05, 4.69) is 83.1 Å². The van der Waals surface area contributed by atoms with Gasteiger partial charge in [0.1, 0.15) is 0 Å². The highest BCUT2D eigenvalue weighted by Crippen LogP contribution is 2.48. The Labute approximate surface area is 247 Å². The molecule has 0 N–H and O–H groups in total. The molecule has 5 unspecified atom stereocenters. The fraction of sp³-hybridized carbons (Fsp3) is 1.00. The first-order valence-corrected chi connectivity index (χ1v) is 19.5. The van der Waals surface area contributed by atoms with Crippen molar-refractivity contribution in [1.29, 1.82) is 0 Å². The van der Waals surface area contributed by atoms with Crippen molar-refractivity contribution in [3.63, 3.8) is 0 Å². The van der Waals surface area contributed by atoms with Gasteiger partial charge < -0.3 is 3.79 Å². The molecule has 0 aromatic rings. The number of hydrogen-bond donors (Lipinski definition) is 0. The second-order valence-electron chi connectivity index (χ2n) is 16.3. The highest BCUT2D eigenvalue weighted by Gasteiger charge is 2.48. The van der Waals surface area contributed by atoms with Gasteiger partial charge in [0.05, 0.1) is 0 Å². The average Bonchev–Trinajstić information content (AvgIpc) is 2.80. The summed E-state index contributed by atoms with van der Waals surface area (Å²) in [5, 5.41) is 2.83. The van der Waals surface area contributed by atoms with Crippen LogP contribution in [-0.2, 0) is 3.79 Å².